The Morgan fingerprint density at radius 3 is 2.70 bits per heavy atom. The van der Waals surface area contributed by atoms with Gasteiger partial charge in [-0.1, -0.05) is 13.8 Å². The number of anilines is 1. The molecular formula is C15H25ClN4. The van der Waals surface area contributed by atoms with Gasteiger partial charge in [0.25, 0.3) is 0 Å². The predicted octanol–water partition coefficient (Wildman–Crippen LogP) is 2.66. The monoisotopic (exact) mass is 296 g/mol. The quantitative estimate of drug-likeness (QED) is 0.800. The Morgan fingerprint density at radius 2 is 2.00 bits per heavy atom. The molecule has 20 heavy (non-hydrogen) atoms. The second-order valence-corrected chi connectivity index (χ2v) is 6.14. The van der Waals surface area contributed by atoms with Crippen LogP contribution >= 0.6 is 11.6 Å². The molecule has 0 saturated carbocycles. The van der Waals surface area contributed by atoms with Gasteiger partial charge in [-0.05, 0) is 31.9 Å². The number of rotatable bonds is 4. The molecule has 5 heteroatoms. The lowest BCUT2D eigenvalue weighted by Gasteiger charge is -2.22. The van der Waals surface area contributed by atoms with Crippen LogP contribution in [0.1, 0.15) is 37.6 Å². The number of hydrogen-bond acceptors (Lipinski definition) is 4. The molecule has 1 aliphatic heterocycles. The Morgan fingerprint density at radius 1 is 1.20 bits per heavy atom. The zero-order valence-corrected chi connectivity index (χ0v) is 13.5. The largest absolute Gasteiger partial charge is 0.339 e. The number of aryl methyl sites for hydroxylation is 1. The van der Waals surface area contributed by atoms with Gasteiger partial charge in [0, 0.05) is 43.4 Å². The summed E-state index contributed by atoms with van der Waals surface area (Å²) < 4.78 is 0. The summed E-state index contributed by atoms with van der Waals surface area (Å²) >= 11 is 5.84. The van der Waals surface area contributed by atoms with Crippen LogP contribution in [0.25, 0.3) is 0 Å². The molecule has 0 amide bonds. The van der Waals surface area contributed by atoms with Crippen molar-refractivity contribution in [3.05, 3.63) is 17.5 Å². The average Bonchev–Trinajstić information content (AvgIpc) is 2.64. The zero-order chi connectivity index (χ0) is 14.5. The molecule has 2 rings (SSSR count). The molecule has 1 aromatic rings. The minimum Gasteiger partial charge on any atom is -0.339 e. The fraction of sp³-hybridized carbons (Fsp3) is 0.733. The Hall–Kier alpha value is -0.870. The number of halogens is 1. The van der Waals surface area contributed by atoms with Crippen molar-refractivity contribution >= 4 is 17.5 Å². The number of hydrogen-bond donors (Lipinski definition) is 0. The maximum atomic E-state index is 5.84. The third kappa shape index (κ3) is 4.06. The van der Waals surface area contributed by atoms with Gasteiger partial charge >= 0.3 is 0 Å². The van der Waals surface area contributed by atoms with Crippen LogP contribution in [0.3, 0.4) is 0 Å². The van der Waals surface area contributed by atoms with Gasteiger partial charge in [0.15, 0.2) is 0 Å². The Kier molecular flexibility index (Phi) is 5.61. The summed E-state index contributed by atoms with van der Waals surface area (Å²) in [4.78, 5) is 14.1. The maximum Gasteiger partial charge on any atom is 0.225 e. The zero-order valence-electron chi connectivity index (χ0n) is 12.8. The van der Waals surface area contributed by atoms with Crippen LogP contribution in [0.2, 0.25) is 0 Å². The Balaban J connectivity index is 2.11. The van der Waals surface area contributed by atoms with E-state index in [1.165, 1.54) is 0 Å². The van der Waals surface area contributed by atoms with E-state index < -0.39 is 0 Å². The van der Waals surface area contributed by atoms with Crippen LogP contribution in [0.4, 0.5) is 5.95 Å². The van der Waals surface area contributed by atoms with Crippen molar-refractivity contribution in [3.63, 3.8) is 0 Å². The summed E-state index contributed by atoms with van der Waals surface area (Å²) in [6, 6.07) is 2.09. The van der Waals surface area contributed by atoms with Crippen molar-refractivity contribution in [1.29, 1.82) is 0 Å². The van der Waals surface area contributed by atoms with Crippen LogP contribution in [0.15, 0.2) is 6.07 Å². The normalized spacial score (nSPS) is 17.6. The lowest BCUT2D eigenvalue weighted by Crippen LogP contribution is -2.32. The molecule has 0 N–H and O–H groups in total. The SMILES string of the molecule is Cc1cc(C(C)C)nc(N2CCCN(CCCl)CC2)n1. The molecule has 0 unspecified atom stereocenters. The first-order chi connectivity index (χ1) is 9.60. The summed E-state index contributed by atoms with van der Waals surface area (Å²) in [6.07, 6.45) is 1.14. The minimum atomic E-state index is 0.440. The summed E-state index contributed by atoms with van der Waals surface area (Å²) in [5.41, 5.74) is 2.19. The highest BCUT2D eigenvalue weighted by atomic mass is 35.5. The topological polar surface area (TPSA) is 32.3 Å². The van der Waals surface area contributed by atoms with Gasteiger partial charge in [-0.15, -0.1) is 11.6 Å². The molecule has 1 fully saturated rings. The second-order valence-electron chi connectivity index (χ2n) is 5.76. The molecule has 112 valence electrons. The molecule has 0 aromatic carbocycles. The minimum absolute atomic E-state index is 0.440. The molecule has 1 saturated heterocycles. The number of alkyl halides is 1. The number of aromatic nitrogens is 2. The molecule has 0 radical (unpaired) electrons. The van der Waals surface area contributed by atoms with E-state index in [1.807, 2.05) is 0 Å². The van der Waals surface area contributed by atoms with Gasteiger partial charge in [0.05, 0.1) is 0 Å². The highest BCUT2D eigenvalue weighted by Gasteiger charge is 2.17. The standard InChI is InChI=1S/C15H25ClN4/c1-12(2)14-11-13(3)17-15(18-14)20-7-4-6-19(8-5-16)9-10-20/h11-12H,4-10H2,1-3H3. The highest BCUT2D eigenvalue weighted by Crippen LogP contribution is 2.18. The maximum absolute atomic E-state index is 5.84. The van der Waals surface area contributed by atoms with Gasteiger partial charge in [-0.2, -0.15) is 0 Å². The summed E-state index contributed by atoms with van der Waals surface area (Å²) in [7, 11) is 0. The number of nitrogens with zero attached hydrogens (tertiary/aromatic N) is 4. The predicted molar refractivity (Wildman–Crippen MR) is 84.8 cm³/mol. The molecule has 4 nitrogen and oxygen atoms in total. The molecule has 1 aliphatic rings. The van der Waals surface area contributed by atoms with Crippen molar-refractivity contribution in [2.45, 2.75) is 33.1 Å². The first kappa shape index (κ1) is 15.5. The fourth-order valence-electron chi connectivity index (χ4n) is 2.53. The van der Waals surface area contributed by atoms with E-state index in [4.69, 9.17) is 16.6 Å². The first-order valence-electron chi connectivity index (χ1n) is 7.49. The van der Waals surface area contributed by atoms with Crippen LogP contribution in [-0.2, 0) is 0 Å². The summed E-state index contributed by atoms with van der Waals surface area (Å²) in [5, 5.41) is 0. The molecule has 0 atom stereocenters. The van der Waals surface area contributed by atoms with Crippen molar-refractivity contribution in [1.82, 2.24) is 14.9 Å². The Labute approximate surface area is 127 Å². The third-order valence-electron chi connectivity index (χ3n) is 3.73. The van der Waals surface area contributed by atoms with Crippen LogP contribution in [0.5, 0.6) is 0 Å². The van der Waals surface area contributed by atoms with Crippen LogP contribution in [-0.4, -0.2) is 53.5 Å². The van der Waals surface area contributed by atoms with E-state index >= 15 is 0 Å². The molecule has 1 aromatic heterocycles. The first-order valence-corrected chi connectivity index (χ1v) is 8.02. The van der Waals surface area contributed by atoms with E-state index in [1.54, 1.807) is 0 Å². The van der Waals surface area contributed by atoms with E-state index in [-0.39, 0.29) is 0 Å². The van der Waals surface area contributed by atoms with Crippen molar-refractivity contribution in [2.75, 3.05) is 43.5 Å². The molecule has 0 bridgehead atoms. The van der Waals surface area contributed by atoms with E-state index in [9.17, 15) is 0 Å². The van der Waals surface area contributed by atoms with Crippen LogP contribution in [0, 0.1) is 6.92 Å². The third-order valence-corrected chi connectivity index (χ3v) is 3.89. The van der Waals surface area contributed by atoms with Gasteiger partial charge in [-0.25, -0.2) is 9.97 Å². The molecular weight excluding hydrogens is 272 g/mol. The summed E-state index contributed by atoms with van der Waals surface area (Å²) in [6.45, 7) is 11.5. The van der Waals surface area contributed by atoms with E-state index in [0.29, 0.717) is 11.8 Å². The van der Waals surface area contributed by atoms with Crippen molar-refractivity contribution in [3.8, 4) is 0 Å². The van der Waals surface area contributed by atoms with Crippen LogP contribution < -0.4 is 4.90 Å². The lowest BCUT2D eigenvalue weighted by molar-refractivity contribution is 0.311. The molecule has 2 heterocycles. The second kappa shape index (κ2) is 7.23. The average molecular weight is 297 g/mol. The van der Waals surface area contributed by atoms with Crippen molar-refractivity contribution < 1.29 is 0 Å². The lowest BCUT2D eigenvalue weighted by atomic mass is 10.1. The molecule has 0 spiro atoms. The smallest absolute Gasteiger partial charge is 0.225 e. The van der Waals surface area contributed by atoms with Gasteiger partial charge in [-0.3, -0.25) is 0 Å². The summed E-state index contributed by atoms with van der Waals surface area (Å²) in [5.74, 6) is 2.04. The fourth-order valence-corrected chi connectivity index (χ4v) is 2.77. The van der Waals surface area contributed by atoms with Gasteiger partial charge in [0.1, 0.15) is 0 Å². The van der Waals surface area contributed by atoms with Gasteiger partial charge < -0.3 is 9.80 Å². The van der Waals surface area contributed by atoms with E-state index in [2.05, 4.69) is 41.6 Å². The van der Waals surface area contributed by atoms with E-state index in [0.717, 1.165) is 56.5 Å². The highest BCUT2D eigenvalue weighted by molar-refractivity contribution is 6.18. The Bertz CT molecular complexity index is 436. The molecule has 0 aliphatic carbocycles. The van der Waals surface area contributed by atoms with Crippen molar-refractivity contribution in [2.24, 2.45) is 0 Å². The van der Waals surface area contributed by atoms with Gasteiger partial charge in [0.2, 0.25) is 5.95 Å².